The van der Waals surface area contributed by atoms with Crippen LogP contribution in [0.3, 0.4) is 0 Å². The predicted molar refractivity (Wildman–Crippen MR) is 130 cm³/mol. The summed E-state index contributed by atoms with van der Waals surface area (Å²) in [6.07, 6.45) is 0.957. The molecule has 1 unspecified atom stereocenters. The standard InChI is InChI=1S/C25H26N6OS/c1-17-9-12-22-24(18(17)2)31(14-6-13-26-16-19-7-4-3-5-8-19)21-11-10-20(15-23(21)33(22)32)25-27-29-30-28-25/h3-5,7-12,15,26H,6,13-14,16H2,1-2H3,(H,27,28,29,30). The molecule has 168 valence electrons. The Balaban J connectivity index is 1.42. The first-order chi connectivity index (χ1) is 16.1. The van der Waals surface area contributed by atoms with Crippen LogP contribution < -0.4 is 10.2 Å². The Labute approximate surface area is 195 Å². The Kier molecular flexibility index (Phi) is 6.02. The zero-order valence-electron chi connectivity index (χ0n) is 18.7. The molecule has 0 fully saturated rings. The van der Waals surface area contributed by atoms with Gasteiger partial charge in [0.25, 0.3) is 0 Å². The van der Waals surface area contributed by atoms with Gasteiger partial charge in [-0.3, -0.25) is 0 Å². The van der Waals surface area contributed by atoms with E-state index in [9.17, 15) is 4.21 Å². The summed E-state index contributed by atoms with van der Waals surface area (Å²) in [5.41, 5.74) is 6.49. The Bertz CT molecular complexity index is 1290. The zero-order valence-corrected chi connectivity index (χ0v) is 19.5. The molecule has 8 heteroatoms. The minimum atomic E-state index is -1.28. The van der Waals surface area contributed by atoms with Crippen LogP contribution in [0.2, 0.25) is 0 Å². The minimum absolute atomic E-state index is 0.498. The van der Waals surface area contributed by atoms with Gasteiger partial charge in [-0.05, 0) is 73.0 Å². The molecule has 4 aromatic rings. The lowest BCUT2D eigenvalue weighted by molar-refractivity contribution is 0.646. The van der Waals surface area contributed by atoms with Crippen LogP contribution in [0.15, 0.2) is 70.5 Å². The SMILES string of the molecule is Cc1ccc2c(c1C)N(CCCNCc1ccccc1)c1ccc(-c3nn[nH]n3)cc1S2=O. The third-order valence-corrected chi connectivity index (χ3v) is 7.55. The maximum Gasteiger partial charge on any atom is 0.204 e. The maximum atomic E-state index is 13.6. The molecule has 3 aromatic carbocycles. The van der Waals surface area contributed by atoms with Gasteiger partial charge in [0.15, 0.2) is 0 Å². The van der Waals surface area contributed by atoms with E-state index < -0.39 is 10.8 Å². The zero-order chi connectivity index (χ0) is 22.8. The van der Waals surface area contributed by atoms with E-state index in [1.807, 2.05) is 30.3 Å². The minimum Gasteiger partial charge on any atom is -0.339 e. The number of H-pyrrole nitrogens is 1. The number of hydrogen-bond acceptors (Lipinski definition) is 6. The van der Waals surface area contributed by atoms with E-state index in [4.69, 9.17) is 0 Å². The van der Waals surface area contributed by atoms with Crippen LogP contribution in [0.25, 0.3) is 11.4 Å². The molecule has 0 saturated heterocycles. The van der Waals surface area contributed by atoms with Crippen molar-refractivity contribution in [1.82, 2.24) is 25.9 Å². The average Bonchev–Trinajstić information content (AvgIpc) is 3.38. The van der Waals surface area contributed by atoms with Gasteiger partial charge in [-0.2, -0.15) is 5.21 Å². The average molecular weight is 459 g/mol. The monoisotopic (exact) mass is 458 g/mol. The number of aryl methyl sites for hydroxylation is 1. The Morgan fingerprint density at radius 3 is 2.67 bits per heavy atom. The van der Waals surface area contributed by atoms with Crippen molar-refractivity contribution >= 4 is 22.2 Å². The Morgan fingerprint density at radius 1 is 1.03 bits per heavy atom. The van der Waals surface area contributed by atoms with Gasteiger partial charge in [-0.1, -0.05) is 36.4 Å². The number of nitrogens with zero attached hydrogens (tertiary/aromatic N) is 4. The van der Waals surface area contributed by atoms with Crippen LogP contribution >= 0.6 is 0 Å². The van der Waals surface area contributed by atoms with Crippen molar-refractivity contribution in [3.63, 3.8) is 0 Å². The molecule has 1 aliphatic rings. The lowest BCUT2D eigenvalue weighted by Crippen LogP contribution is -2.28. The lowest BCUT2D eigenvalue weighted by atomic mass is 10.1. The molecule has 0 amide bonds. The van der Waals surface area contributed by atoms with Gasteiger partial charge in [-0.25, -0.2) is 4.21 Å². The molecule has 5 rings (SSSR count). The first kappa shape index (κ1) is 21.5. The smallest absolute Gasteiger partial charge is 0.204 e. The van der Waals surface area contributed by atoms with E-state index in [0.717, 1.165) is 52.8 Å². The van der Waals surface area contributed by atoms with Crippen molar-refractivity contribution in [3.8, 4) is 11.4 Å². The van der Waals surface area contributed by atoms with E-state index in [2.05, 4.69) is 75.0 Å². The number of rotatable bonds is 7. The van der Waals surface area contributed by atoms with Crippen molar-refractivity contribution < 1.29 is 4.21 Å². The van der Waals surface area contributed by atoms with Crippen LogP contribution in [-0.2, 0) is 17.3 Å². The first-order valence-electron chi connectivity index (χ1n) is 11.1. The molecular formula is C25H26N6OS. The second kappa shape index (κ2) is 9.25. The third kappa shape index (κ3) is 4.19. The van der Waals surface area contributed by atoms with E-state index >= 15 is 0 Å². The van der Waals surface area contributed by atoms with Crippen molar-refractivity contribution in [3.05, 3.63) is 77.4 Å². The molecule has 2 N–H and O–H groups in total. The molecule has 7 nitrogen and oxygen atoms in total. The normalized spacial score (nSPS) is 14.7. The van der Waals surface area contributed by atoms with Crippen molar-refractivity contribution in [2.24, 2.45) is 0 Å². The molecule has 0 saturated carbocycles. The maximum absolute atomic E-state index is 13.6. The highest BCUT2D eigenvalue weighted by Crippen LogP contribution is 2.45. The molecule has 0 aliphatic carbocycles. The van der Waals surface area contributed by atoms with Crippen LogP contribution in [0.1, 0.15) is 23.1 Å². The van der Waals surface area contributed by atoms with Gasteiger partial charge in [0.05, 0.1) is 32.0 Å². The molecule has 1 aliphatic heterocycles. The van der Waals surface area contributed by atoms with Crippen LogP contribution in [0.4, 0.5) is 11.4 Å². The van der Waals surface area contributed by atoms with Gasteiger partial charge in [0.1, 0.15) is 0 Å². The summed E-state index contributed by atoms with van der Waals surface area (Å²) in [6.45, 7) is 6.79. The largest absolute Gasteiger partial charge is 0.339 e. The lowest BCUT2D eigenvalue weighted by Gasteiger charge is -2.34. The van der Waals surface area contributed by atoms with E-state index in [1.165, 1.54) is 16.7 Å². The highest BCUT2D eigenvalue weighted by molar-refractivity contribution is 7.85. The molecule has 1 aromatic heterocycles. The Hall–Kier alpha value is -3.36. The van der Waals surface area contributed by atoms with E-state index in [1.54, 1.807) is 0 Å². The summed E-state index contributed by atoms with van der Waals surface area (Å²) in [5.74, 6) is 0.498. The van der Waals surface area contributed by atoms with Gasteiger partial charge < -0.3 is 10.2 Å². The fraction of sp³-hybridized carbons (Fsp3) is 0.240. The van der Waals surface area contributed by atoms with E-state index in [-0.39, 0.29) is 0 Å². The molecule has 0 spiro atoms. The van der Waals surface area contributed by atoms with Crippen molar-refractivity contribution in [2.75, 3.05) is 18.0 Å². The second-order valence-corrected chi connectivity index (χ2v) is 9.63. The number of fused-ring (bicyclic) bond motifs is 2. The highest BCUT2D eigenvalue weighted by Gasteiger charge is 2.30. The molecule has 0 bridgehead atoms. The van der Waals surface area contributed by atoms with Gasteiger partial charge in [-0.15, -0.1) is 10.2 Å². The summed E-state index contributed by atoms with van der Waals surface area (Å²) in [5, 5.41) is 17.8. The summed E-state index contributed by atoms with van der Waals surface area (Å²) in [7, 11) is -1.28. The molecule has 2 heterocycles. The van der Waals surface area contributed by atoms with Crippen molar-refractivity contribution in [2.45, 2.75) is 36.6 Å². The topological polar surface area (TPSA) is 86.8 Å². The van der Waals surface area contributed by atoms with Crippen molar-refractivity contribution in [1.29, 1.82) is 0 Å². The number of hydrogen-bond donors (Lipinski definition) is 2. The number of tetrazole rings is 1. The van der Waals surface area contributed by atoms with Gasteiger partial charge in [0, 0.05) is 18.7 Å². The summed E-state index contributed by atoms with van der Waals surface area (Å²) >= 11 is 0. The van der Waals surface area contributed by atoms with Gasteiger partial charge >= 0.3 is 0 Å². The van der Waals surface area contributed by atoms with Crippen LogP contribution in [-0.4, -0.2) is 37.9 Å². The summed E-state index contributed by atoms with van der Waals surface area (Å²) in [6, 6.07) is 20.4. The number of anilines is 2. The fourth-order valence-corrected chi connectivity index (χ4v) is 5.70. The van der Waals surface area contributed by atoms with E-state index in [0.29, 0.717) is 5.82 Å². The molecule has 0 radical (unpaired) electrons. The summed E-state index contributed by atoms with van der Waals surface area (Å²) < 4.78 is 13.6. The highest BCUT2D eigenvalue weighted by atomic mass is 32.2. The van der Waals surface area contributed by atoms with Crippen LogP contribution in [0.5, 0.6) is 0 Å². The number of benzene rings is 3. The van der Waals surface area contributed by atoms with Gasteiger partial charge in [0.2, 0.25) is 5.82 Å². The number of aromatic amines is 1. The molecule has 1 atom stereocenters. The third-order valence-electron chi connectivity index (χ3n) is 6.10. The number of nitrogens with one attached hydrogen (secondary N) is 2. The Morgan fingerprint density at radius 2 is 1.88 bits per heavy atom. The summed E-state index contributed by atoms with van der Waals surface area (Å²) in [4.78, 5) is 3.96. The molecular weight excluding hydrogens is 432 g/mol. The predicted octanol–water partition coefficient (Wildman–Crippen LogP) is 4.28. The fourth-order valence-electron chi connectivity index (χ4n) is 4.23. The number of aromatic nitrogens is 4. The molecule has 33 heavy (non-hydrogen) atoms. The second-order valence-electron chi connectivity index (χ2n) is 8.21. The van der Waals surface area contributed by atoms with Crippen LogP contribution in [0, 0.1) is 13.8 Å². The quantitative estimate of drug-likeness (QED) is 0.402. The first-order valence-corrected chi connectivity index (χ1v) is 12.2.